The quantitative estimate of drug-likeness (QED) is 0.0727. The van der Waals surface area contributed by atoms with Gasteiger partial charge < -0.3 is 18.6 Å². The molecule has 0 fully saturated rings. The number of nitrogens with zero attached hydrogens (tertiary/aromatic N) is 8. The normalized spacial score (nSPS) is 13.1. The Balaban J connectivity index is 0.979. The highest BCUT2D eigenvalue weighted by Gasteiger charge is 2.28. The van der Waals surface area contributed by atoms with E-state index in [0.717, 1.165) is 22.3 Å². The summed E-state index contributed by atoms with van der Waals surface area (Å²) in [5.41, 5.74) is 7.34. The molecule has 0 saturated heterocycles. The molecule has 0 saturated carbocycles. The number of nitrogens with one attached hydrogen (secondary N) is 2. The van der Waals surface area contributed by atoms with Crippen molar-refractivity contribution in [3.63, 3.8) is 0 Å². The molecule has 428 valence electrons. The number of imidazole rings is 2. The lowest BCUT2D eigenvalue weighted by atomic mass is 9.82. The molecule has 19 heteroatoms. The topological polar surface area (TPSA) is 215 Å². The first-order chi connectivity index (χ1) is 40.1. The number of rotatable bonds is 20. The molecule has 0 amide bonds. The lowest BCUT2D eigenvalue weighted by molar-refractivity contribution is -0.120. The summed E-state index contributed by atoms with van der Waals surface area (Å²) in [7, 11) is -7.95. The molecular formula is C65H64N10O7S2. The molecule has 2 unspecified atom stereocenters. The number of hydrogen-bond acceptors (Lipinski definition) is 13. The lowest BCUT2D eigenvalue weighted by Gasteiger charge is -2.21. The van der Waals surface area contributed by atoms with Gasteiger partial charge in [-0.2, -0.15) is 9.97 Å². The highest BCUT2D eigenvalue weighted by atomic mass is 32.2. The first-order valence-electron chi connectivity index (χ1n) is 27.4. The van der Waals surface area contributed by atoms with E-state index >= 15 is 4.79 Å². The molecule has 2 atom stereocenters. The molecule has 6 aromatic carbocycles. The van der Waals surface area contributed by atoms with Crippen molar-refractivity contribution in [2.75, 3.05) is 9.44 Å². The Morgan fingerprint density at radius 1 is 0.488 bits per heavy atom. The summed E-state index contributed by atoms with van der Waals surface area (Å²) in [5.74, 6) is -0.389. The van der Waals surface area contributed by atoms with Gasteiger partial charge in [-0.1, -0.05) is 139 Å². The zero-order valence-electron chi connectivity index (χ0n) is 47.8. The van der Waals surface area contributed by atoms with E-state index in [1.54, 1.807) is 110 Å². The highest BCUT2D eigenvalue weighted by molar-refractivity contribution is 7.93. The Hall–Kier alpha value is -9.33. The number of ether oxygens (including phenoxy) is 2. The van der Waals surface area contributed by atoms with Crippen LogP contribution < -0.4 is 18.9 Å². The third kappa shape index (κ3) is 13.1. The number of Topliss-reactive ketones (excluding diaryl/α,β-unsaturated/α-hetero) is 1. The molecule has 10 aromatic rings. The van der Waals surface area contributed by atoms with E-state index in [2.05, 4.69) is 80.9 Å². The standard InChI is InChI=1S/C65H64N10O7S2/c1-9-74-41-70-57-60(74)66-39-68-62(57)81-51-29-11-43(12-30-51)15-37-55(45-17-25-49(26-18-45)72-83(77,78)53-33-21-47(22-34-53)64(3,4)5)59(76)56(46-19-27-50(28-20-46)73-84(79,80)54-35-23-48(24-36-54)65(6,7)8)38-16-44-13-31-52(32-14-44)82-63-58-61(67-40-69-63)75(10-2)42-71-58/h11-42,55-56,72-73H,9-10H2,1-8H3/b37-15+,38-16+. The van der Waals surface area contributed by atoms with Crippen molar-refractivity contribution in [2.45, 2.75) is 101 Å². The Kier molecular flexibility index (Phi) is 16.4. The van der Waals surface area contributed by atoms with Crippen LogP contribution in [-0.2, 0) is 48.8 Å². The molecule has 0 spiro atoms. The summed E-state index contributed by atoms with van der Waals surface area (Å²) < 4.78 is 76.4. The van der Waals surface area contributed by atoms with Crippen molar-refractivity contribution in [1.29, 1.82) is 0 Å². The van der Waals surface area contributed by atoms with Crippen LogP contribution in [0, 0.1) is 0 Å². The van der Waals surface area contributed by atoms with E-state index < -0.39 is 31.9 Å². The van der Waals surface area contributed by atoms with Gasteiger partial charge in [-0.25, -0.2) is 36.8 Å². The third-order valence-electron chi connectivity index (χ3n) is 14.3. The maximum Gasteiger partial charge on any atom is 0.261 e. The average molecular weight is 1160 g/mol. The number of anilines is 2. The molecule has 10 rings (SSSR count). The summed E-state index contributed by atoms with van der Waals surface area (Å²) in [6.07, 6.45) is 13.6. The number of hydrogen-bond donors (Lipinski definition) is 2. The number of aromatic nitrogens is 8. The summed E-state index contributed by atoms with van der Waals surface area (Å²) in [5, 5.41) is 0. The van der Waals surface area contributed by atoms with Crippen LogP contribution >= 0.6 is 0 Å². The largest absolute Gasteiger partial charge is 0.437 e. The van der Waals surface area contributed by atoms with Gasteiger partial charge >= 0.3 is 0 Å². The van der Waals surface area contributed by atoms with Crippen molar-refractivity contribution in [1.82, 2.24) is 39.0 Å². The van der Waals surface area contributed by atoms with Gasteiger partial charge in [-0.3, -0.25) is 14.2 Å². The molecule has 4 heterocycles. The zero-order valence-corrected chi connectivity index (χ0v) is 49.4. The Bertz CT molecular complexity index is 3990. The van der Waals surface area contributed by atoms with Crippen LogP contribution in [-0.4, -0.2) is 61.7 Å². The Morgan fingerprint density at radius 3 is 1.18 bits per heavy atom. The van der Waals surface area contributed by atoms with E-state index in [0.29, 0.717) is 81.2 Å². The number of sulfonamides is 2. The maximum atomic E-state index is 15.7. The van der Waals surface area contributed by atoms with Crippen molar-refractivity contribution < 1.29 is 31.1 Å². The van der Waals surface area contributed by atoms with Gasteiger partial charge in [0, 0.05) is 24.5 Å². The third-order valence-corrected chi connectivity index (χ3v) is 17.1. The van der Waals surface area contributed by atoms with E-state index in [1.807, 2.05) is 95.8 Å². The van der Waals surface area contributed by atoms with Gasteiger partial charge in [-0.15, -0.1) is 0 Å². The number of fused-ring (bicyclic) bond motifs is 2. The average Bonchev–Trinajstić information content (AvgIpc) is 4.23. The monoisotopic (exact) mass is 1160 g/mol. The van der Waals surface area contributed by atoms with Gasteiger partial charge in [0.25, 0.3) is 31.8 Å². The van der Waals surface area contributed by atoms with Crippen molar-refractivity contribution in [3.05, 3.63) is 216 Å². The number of ketones is 1. The fourth-order valence-electron chi connectivity index (χ4n) is 9.41. The minimum absolute atomic E-state index is 0.113. The smallest absolute Gasteiger partial charge is 0.261 e. The second kappa shape index (κ2) is 23.9. The Morgan fingerprint density at radius 2 is 0.845 bits per heavy atom. The minimum Gasteiger partial charge on any atom is -0.437 e. The van der Waals surface area contributed by atoms with Crippen LogP contribution in [0.1, 0.15) is 101 Å². The van der Waals surface area contributed by atoms with Crippen molar-refractivity contribution >= 4 is 71.7 Å². The molecule has 0 aliphatic heterocycles. The zero-order chi connectivity index (χ0) is 59.4. The molecule has 0 radical (unpaired) electrons. The van der Waals surface area contributed by atoms with Crippen LogP contribution in [0.25, 0.3) is 34.5 Å². The van der Waals surface area contributed by atoms with Gasteiger partial charge in [0.2, 0.25) is 0 Å². The summed E-state index contributed by atoms with van der Waals surface area (Å²) in [6.45, 7) is 17.7. The van der Waals surface area contributed by atoms with Crippen molar-refractivity contribution in [2.24, 2.45) is 0 Å². The molecule has 0 aliphatic carbocycles. The van der Waals surface area contributed by atoms with Crippen LogP contribution in [0.2, 0.25) is 0 Å². The van der Waals surface area contributed by atoms with Gasteiger partial charge in [-0.05, 0) is 131 Å². The van der Waals surface area contributed by atoms with E-state index in [4.69, 9.17) is 9.47 Å². The lowest BCUT2D eigenvalue weighted by Crippen LogP contribution is -2.19. The van der Waals surface area contributed by atoms with Crippen LogP contribution in [0.5, 0.6) is 23.3 Å². The molecule has 84 heavy (non-hydrogen) atoms. The molecule has 0 aliphatic rings. The fourth-order valence-corrected chi connectivity index (χ4v) is 11.5. The molecule has 4 aromatic heterocycles. The predicted molar refractivity (Wildman–Crippen MR) is 328 cm³/mol. The molecular weight excluding hydrogens is 1100 g/mol. The molecule has 17 nitrogen and oxygen atoms in total. The first-order valence-corrected chi connectivity index (χ1v) is 30.4. The number of allylic oxidation sites excluding steroid dienone is 2. The van der Waals surface area contributed by atoms with Crippen LogP contribution in [0.4, 0.5) is 11.4 Å². The predicted octanol–water partition coefficient (Wildman–Crippen LogP) is 13.7. The summed E-state index contributed by atoms with van der Waals surface area (Å²) in [6, 6.07) is 41.7. The number of benzene rings is 6. The Labute approximate surface area is 489 Å². The minimum atomic E-state index is -3.98. The van der Waals surface area contributed by atoms with E-state index in [1.165, 1.54) is 12.7 Å². The summed E-state index contributed by atoms with van der Waals surface area (Å²) >= 11 is 0. The number of carbonyl (C=O) groups excluding carboxylic acids is 1. The fraction of sp³-hybridized carbons (Fsp3) is 0.215. The second-order valence-corrected chi connectivity index (χ2v) is 25.5. The van der Waals surface area contributed by atoms with Crippen molar-refractivity contribution in [3.8, 4) is 23.3 Å². The summed E-state index contributed by atoms with van der Waals surface area (Å²) in [4.78, 5) is 42.2. The van der Waals surface area contributed by atoms with Gasteiger partial charge in [0.1, 0.15) is 24.2 Å². The number of aryl methyl sites for hydroxylation is 2. The number of carbonyl (C=O) groups is 1. The van der Waals surface area contributed by atoms with Gasteiger partial charge in [0.15, 0.2) is 28.1 Å². The van der Waals surface area contributed by atoms with Crippen LogP contribution in [0.15, 0.2) is 193 Å². The second-order valence-electron chi connectivity index (χ2n) is 22.2. The first kappa shape index (κ1) is 57.9. The SMILES string of the molecule is CCn1cnc2c(Oc3ccc(/C=C/C(C(=O)C(/C=C/c4ccc(Oc5ncnc6c5ncn6CC)cc4)c4ccc(NS(=O)(=O)c5ccc(C(C)(C)C)cc5)cc4)c4ccc(NS(=O)(=O)c5ccc(C(C)(C)C)cc5)cc4)cc3)ncnc21. The molecule has 2 N–H and O–H groups in total. The van der Waals surface area contributed by atoms with E-state index in [9.17, 15) is 16.8 Å². The van der Waals surface area contributed by atoms with Crippen LogP contribution in [0.3, 0.4) is 0 Å². The van der Waals surface area contributed by atoms with Gasteiger partial charge in [0.05, 0.1) is 34.3 Å². The maximum absolute atomic E-state index is 15.7. The highest BCUT2D eigenvalue weighted by Crippen LogP contribution is 2.35. The molecule has 0 bridgehead atoms. The van der Waals surface area contributed by atoms with E-state index in [-0.39, 0.29) is 26.4 Å².